The summed E-state index contributed by atoms with van der Waals surface area (Å²) < 4.78 is 0. The molecule has 144 valence electrons. The van der Waals surface area contributed by atoms with Crippen molar-refractivity contribution < 1.29 is 9.59 Å². The number of rotatable bonds is 6. The highest BCUT2D eigenvalue weighted by Gasteiger charge is 2.50. The molecule has 9 nitrogen and oxygen atoms in total. The van der Waals surface area contributed by atoms with Crippen LogP contribution in [-0.4, -0.2) is 61.7 Å². The Labute approximate surface area is 157 Å². The molecule has 0 radical (unpaired) electrons. The molecule has 2 amide bonds. The molecule has 0 unspecified atom stereocenters. The Bertz CT molecular complexity index is 816. The first kappa shape index (κ1) is 17.7. The second-order valence-corrected chi connectivity index (χ2v) is 7.78. The number of likely N-dealkylation sites (tertiary alicyclic amines) is 1. The topological polar surface area (TPSA) is 120 Å². The minimum Gasteiger partial charge on any atom is -0.350 e. The molecular weight excluding hydrogens is 346 g/mol. The molecule has 4 rings (SSSR count). The van der Waals surface area contributed by atoms with Gasteiger partial charge in [-0.15, -0.1) is 0 Å². The van der Waals surface area contributed by atoms with Gasteiger partial charge in [0.2, 0.25) is 5.91 Å². The third-order valence-corrected chi connectivity index (χ3v) is 5.97. The van der Waals surface area contributed by atoms with Crippen LogP contribution >= 0.6 is 0 Å². The fourth-order valence-corrected chi connectivity index (χ4v) is 4.51. The Morgan fingerprint density at radius 3 is 3.04 bits per heavy atom. The van der Waals surface area contributed by atoms with E-state index in [1.807, 2.05) is 11.8 Å². The van der Waals surface area contributed by atoms with E-state index < -0.39 is 0 Å². The minimum atomic E-state index is -0.158. The SMILES string of the molecule is Cc1cc(C(=O)NC[C@]23CCC[C@H]2CN(C(=O)CCc2ncn[nH]2)C3)n[nH]1. The number of aryl methyl sites for hydroxylation is 2. The van der Waals surface area contributed by atoms with Gasteiger partial charge in [0.05, 0.1) is 0 Å². The predicted molar refractivity (Wildman–Crippen MR) is 96.7 cm³/mol. The van der Waals surface area contributed by atoms with Gasteiger partial charge >= 0.3 is 0 Å². The first-order valence-electron chi connectivity index (χ1n) is 9.48. The lowest BCUT2D eigenvalue weighted by Crippen LogP contribution is -2.41. The number of aromatic nitrogens is 5. The van der Waals surface area contributed by atoms with Crippen molar-refractivity contribution in [2.45, 2.75) is 39.0 Å². The summed E-state index contributed by atoms with van der Waals surface area (Å²) in [7, 11) is 0. The first-order valence-corrected chi connectivity index (χ1v) is 9.48. The van der Waals surface area contributed by atoms with Crippen LogP contribution in [0.1, 0.15) is 47.7 Å². The first-order chi connectivity index (χ1) is 13.1. The zero-order valence-electron chi connectivity index (χ0n) is 15.5. The normalized spacial score (nSPS) is 24.2. The van der Waals surface area contributed by atoms with Crippen LogP contribution in [-0.2, 0) is 11.2 Å². The molecule has 3 heterocycles. The second kappa shape index (κ2) is 7.13. The average Bonchev–Trinajstić information content (AvgIpc) is 3.41. The lowest BCUT2D eigenvalue weighted by Gasteiger charge is -2.29. The van der Waals surface area contributed by atoms with Crippen LogP contribution in [0.15, 0.2) is 12.4 Å². The van der Waals surface area contributed by atoms with Crippen molar-refractivity contribution in [2.24, 2.45) is 11.3 Å². The fourth-order valence-electron chi connectivity index (χ4n) is 4.51. The maximum Gasteiger partial charge on any atom is 0.271 e. The maximum atomic E-state index is 12.6. The number of carbonyl (C=O) groups is 2. The molecular formula is C18H25N7O2. The molecule has 0 bridgehead atoms. The largest absolute Gasteiger partial charge is 0.350 e. The summed E-state index contributed by atoms with van der Waals surface area (Å²) >= 11 is 0. The predicted octanol–water partition coefficient (Wildman–Crippen LogP) is 0.828. The molecule has 2 aromatic rings. The summed E-state index contributed by atoms with van der Waals surface area (Å²) in [5.74, 6) is 1.18. The van der Waals surface area contributed by atoms with Crippen molar-refractivity contribution in [1.82, 2.24) is 35.6 Å². The maximum absolute atomic E-state index is 12.6. The molecule has 2 atom stereocenters. The third-order valence-electron chi connectivity index (χ3n) is 5.97. The molecule has 1 saturated carbocycles. The van der Waals surface area contributed by atoms with Gasteiger partial charge in [0.1, 0.15) is 17.8 Å². The molecule has 27 heavy (non-hydrogen) atoms. The van der Waals surface area contributed by atoms with Gasteiger partial charge in [0, 0.05) is 43.6 Å². The number of aromatic amines is 2. The van der Waals surface area contributed by atoms with Crippen molar-refractivity contribution in [3.63, 3.8) is 0 Å². The number of hydrogen-bond acceptors (Lipinski definition) is 5. The van der Waals surface area contributed by atoms with E-state index in [-0.39, 0.29) is 17.2 Å². The zero-order chi connectivity index (χ0) is 18.9. The van der Waals surface area contributed by atoms with E-state index in [0.29, 0.717) is 37.5 Å². The quantitative estimate of drug-likeness (QED) is 0.695. The van der Waals surface area contributed by atoms with Crippen molar-refractivity contribution in [2.75, 3.05) is 19.6 Å². The van der Waals surface area contributed by atoms with Gasteiger partial charge in [-0.25, -0.2) is 4.98 Å². The summed E-state index contributed by atoms with van der Waals surface area (Å²) in [4.78, 5) is 31.0. The fraction of sp³-hybridized carbons (Fsp3) is 0.611. The number of nitrogens with one attached hydrogen (secondary N) is 3. The summed E-state index contributed by atoms with van der Waals surface area (Å²) in [5, 5.41) is 16.5. The standard InChI is InChI=1S/C18H25N7O2/c1-12-7-14(23-22-12)17(27)19-9-18-6-2-3-13(18)8-25(10-18)16(26)5-4-15-20-11-21-24-15/h7,11,13H,2-6,8-10H2,1H3,(H,19,27)(H,22,23)(H,20,21,24)/t13-,18-/m0/s1. The van der Waals surface area contributed by atoms with Crippen molar-refractivity contribution >= 4 is 11.8 Å². The molecule has 0 spiro atoms. The molecule has 9 heteroatoms. The van der Waals surface area contributed by atoms with E-state index in [0.717, 1.165) is 37.3 Å². The minimum absolute atomic E-state index is 0.0110. The molecule has 2 fully saturated rings. The monoisotopic (exact) mass is 371 g/mol. The lowest BCUT2D eigenvalue weighted by atomic mass is 9.80. The Morgan fingerprint density at radius 1 is 1.41 bits per heavy atom. The number of nitrogens with zero attached hydrogens (tertiary/aromatic N) is 4. The molecule has 1 aliphatic heterocycles. The van der Waals surface area contributed by atoms with E-state index in [9.17, 15) is 9.59 Å². The van der Waals surface area contributed by atoms with Gasteiger partial charge < -0.3 is 10.2 Å². The summed E-state index contributed by atoms with van der Waals surface area (Å²) in [6.07, 6.45) is 5.77. The molecule has 0 aromatic carbocycles. The number of hydrogen-bond donors (Lipinski definition) is 3. The van der Waals surface area contributed by atoms with Gasteiger partial charge in [-0.3, -0.25) is 19.8 Å². The number of fused-ring (bicyclic) bond motifs is 1. The summed E-state index contributed by atoms with van der Waals surface area (Å²) in [5.41, 5.74) is 1.26. The van der Waals surface area contributed by atoms with Crippen molar-refractivity contribution in [1.29, 1.82) is 0 Å². The van der Waals surface area contributed by atoms with Crippen LogP contribution in [0, 0.1) is 18.3 Å². The highest BCUT2D eigenvalue weighted by atomic mass is 16.2. The van der Waals surface area contributed by atoms with Crippen LogP contribution in [0.3, 0.4) is 0 Å². The number of H-pyrrole nitrogens is 2. The second-order valence-electron chi connectivity index (χ2n) is 7.78. The molecule has 3 N–H and O–H groups in total. The van der Waals surface area contributed by atoms with Crippen LogP contribution in [0.25, 0.3) is 0 Å². The zero-order valence-corrected chi connectivity index (χ0v) is 15.5. The summed E-state index contributed by atoms with van der Waals surface area (Å²) in [6.45, 7) is 3.96. The average molecular weight is 371 g/mol. The van der Waals surface area contributed by atoms with E-state index >= 15 is 0 Å². The number of carbonyl (C=O) groups excluding carboxylic acids is 2. The highest BCUT2D eigenvalue weighted by molar-refractivity contribution is 5.92. The van der Waals surface area contributed by atoms with Gasteiger partial charge in [-0.2, -0.15) is 10.2 Å². The Hall–Kier alpha value is -2.71. The Balaban J connectivity index is 1.35. The highest BCUT2D eigenvalue weighted by Crippen LogP contribution is 2.48. The molecule has 2 aliphatic rings. The van der Waals surface area contributed by atoms with Gasteiger partial charge in [0.25, 0.3) is 5.91 Å². The van der Waals surface area contributed by atoms with Crippen LogP contribution in [0.2, 0.25) is 0 Å². The van der Waals surface area contributed by atoms with Crippen molar-refractivity contribution in [3.8, 4) is 0 Å². The van der Waals surface area contributed by atoms with Gasteiger partial charge in [0.15, 0.2) is 0 Å². The molecule has 1 aliphatic carbocycles. The lowest BCUT2D eigenvalue weighted by molar-refractivity contribution is -0.130. The Kier molecular flexibility index (Phi) is 4.67. The summed E-state index contributed by atoms with van der Waals surface area (Å²) in [6, 6.07) is 1.74. The van der Waals surface area contributed by atoms with E-state index in [1.54, 1.807) is 6.07 Å². The smallest absolute Gasteiger partial charge is 0.271 e. The van der Waals surface area contributed by atoms with E-state index in [4.69, 9.17) is 0 Å². The van der Waals surface area contributed by atoms with E-state index in [2.05, 4.69) is 30.7 Å². The van der Waals surface area contributed by atoms with Gasteiger partial charge in [-0.05, 0) is 31.7 Å². The number of amides is 2. The van der Waals surface area contributed by atoms with Gasteiger partial charge in [-0.1, -0.05) is 6.42 Å². The Morgan fingerprint density at radius 2 is 2.30 bits per heavy atom. The molecule has 1 saturated heterocycles. The van der Waals surface area contributed by atoms with Crippen LogP contribution in [0.4, 0.5) is 0 Å². The van der Waals surface area contributed by atoms with Crippen LogP contribution < -0.4 is 5.32 Å². The molecule has 2 aromatic heterocycles. The van der Waals surface area contributed by atoms with E-state index in [1.165, 1.54) is 6.33 Å². The van der Waals surface area contributed by atoms with Crippen molar-refractivity contribution in [3.05, 3.63) is 29.6 Å². The van der Waals surface area contributed by atoms with Crippen LogP contribution in [0.5, 0.6) is 0 Å². The third kappa shape index (κ3) is 3.58.